The lowest BCUT2D eigenvalue weighted by Crippen LogP contribution is -2.07. The zero-order valence-corrected chi connectivity index (χ0v) is 15.3. The summed E-state index contributed by atoms with van der Waals surface area (Å²) in [4.78, 5) is 11.2. The van der Waals surface area contributed by atoms with E-state index in [1.807, 2.05) is 19.9 Å². The number of halogens is 1. The van der Waals surface area contributed by atoms with Crippen molar-refractivity contribution in [3.8, 4) is 11.5 Å². The van der Waals surface area contributed by atoms with E-state index in [1.165, 1.54) is 0 Å². The minimum Gasteiger partial charge on any atom is -0.493 e. The maximum Gasteiger partial charge on any atom is 0.335 e. The Morgan fingerprint density at radius 2 is 2.04 bits per heavy atom. The number of hydrogen-bond donors (Lipinski definition) is 2. The number of hydrogen-bond acceptors (Lipinski definition) is 4. The van der Waals surface area contributed by atoms with Crippen molar-refractivity contribution in [3.05, 3.63) is 52.0 Å². The maximum absolute atomic E-state index is 11.2. The van der Waals surface area contributed by atoms with E-state index in [9.17, 15) is 4.79 Å². The number of rotatable bonds is 8. The summed E-state index contributed by atoms with van der Waals surface area (Å²) >= 11 is 6.17. The summed E-state index contributed by atoms with van der Waals surface area (Å²) in [5.74, 6) is 0.265. The van der Waals surface area contributed by atoms with Crippen molar-refractivity contribution in [1.82, 2.24) is 0 Å². The van der Waals surface area contributed by atoms with Crippen molar-refractivity contribution in [1.29, 1.82) is 0 Å². The minimum atomic E-state index is -0.959. The number of aromatic carboxylic acids is 1. The van der Waals surface area contributed by atoms with Crippen LogP contribution in [-0.2, 0) is 6.54 Å². The van der Waals surface area contributed by atoms with Crippen LogP contribution in [0.25, 0.3) is 0 Å². The van der Waals surface area contributed by atoms with Gasteiger partial charge in [0.25, 0.3) is 0 Å². The van der Waals surface area contributed by atoms with Gasteiger partial charge in [0.1, 0.15) is 0 Å². The van der Waals surface area contributed by atoms with Crippen molar-refractivity contribution in [2.75, 3.05) is 19.0 Å². The van der Waals surface area contributed by atoms with Crippen molar-refractivity contribution in [2.45, 2.75) is 26.8 Å². The monoisotopic (exact) mass is 363 g/mol. The summed E-state index contributed by atoms with van der Waals surface area (Å²) < 4.78 is 11.2. The van der Waals surface area contributed by atoms with Crippen molar-refractivity contribution < 1.29 is 19.4 Å². The number of methoxy groups -OCH3 is 1. The Morgan fingerprint density at radius 1 is 1.28 bits per heavy atom. The van der Waals surface area contributed by atoms with E-state index >= 15 is 0 Å². The summed E-state index contributed by atoms with van der Waals surface area (Å²) in [7, 11) is 1.57. The first-order valence-corrected chi connectivity index (χ1v) is 8.41. The van der Waals surface area contributed by atoms with Crippen LogP contribution < -0.4 is 14.8 Å². The second-order valence-corrected chi connectivity index (χ2v) is 6.07. The van der Waals surface area contributed by atoms with Gasteiger partial charge in [0, 0.05) is 28.9 Å². The van der Waals surface area contributed by atoms with Gasteiger partial charge in [0.2, 0.25) is 0 Å². The van der Waals surface area contributed by atoms with Crippen molar-refractivity contribution >= 4 is 23.3 Å². The van der Waals surface area contributed by atoms with Gasteiger partial charge in [0.15, 0.2) is 11.5 Å². The van der Waals surface area contributed by atoms with E-state index in [0.29, 0.717) is 29.7 Å². The zero-order valence-electron chi connectivity index (χ0n) is 14.6. The second kappa shape index (κ2) is 8.62. The number of benzene rings is 2. The molecular weight excluding hydrogens is 342 g/mol. The Labute approximate surface area is 152 Å². The fourth-order valence-electron chi connectivity index (χ4n) is 2.41. The molecule has 2 rings (SSSR count). The van der Waals surface area contributed by atoms with E-state index in [4.69, 9.17) is 26.2 Å². The molecule has 0 atom stereocenters. The molecule has 0 amide bonds. The molecule has 0 heterocycles. The summed E-state index contributed by atoms with van der Waals surface area (Å²) in [5, 5.41) is 13.0. The van der Waals surface area contributed by atoms with Crippen LogP contribution in [0.2, 0.25) is 5.02 Å². The number of carboxylic acid groups (broad SMARTS) is 1. The SMILES string of the molecule is CCCOc1c(CNc2cc(C(=O)O)ccc2C)cc(Cl)cc1OC. The molecule has 0 fully saturated rings. The Balaban J connectivity index is 2.29. The van der Waals surface area contributed by atoms with E-state index in [-0.39, 0.29) is 5.56 Å². The van der Waals surface area contributed by atoms with Gasteiger partial charge >= 0.3 is 5.97 Å². The molecule has 0 spiro atoms. The van der Waals surface area contributed by atoms with Crippen molar-refractivity contribution in [3.63, 3.8) is 0 Å². The number of ether oxygens (including phenoxy) is 2. The predicted octanol–water partition coefficient (Wildman–Crippen LogP) is 4.76. The molecule has 0 aliphatic rings. The highest BCUT2D eigenvalue weighted by Gasteiger charge is 2.14. The first-order chi connectivity index (χ1) is 12.0. The Bertz CT molecular complexity index is 761. The van der Waals surface area contributed by atoms with Gasteiger partial charge in [-0.05, 0) is 37.1 Å². The van der Waals surface area contributed by atoms with E-state index in [2.05, 4.69) is 5.32 Å². The van der Waals surface area contributed by atoms with Gasteiger partial charge in [-0.15, -0.1) is 0 Å². The molecule has 0 saturated carbocycles. The van der Waals surface area contributed by atoms with Crippen LogP contribution in [0.5, 0.6) is 11.5 Å². The fourth-order valence-corrected chi connectivity index (χ4v) is 2.64. The average molecular weight is 364 g/mol. The quantitative estimate of drug-likeness (QED) is 0.708. The average Bonchev–Trinajstić information content (AvgIpc) is 2.59. The van der Waals surface area contributed by atoms with E-state index in [0.717, 1.165) is 23.2 Å². The molecule has 5 nitrogen and oxygen atoms in total. The van der Waals surface area contributed by atoms with Crippen LogP contribution >= 0.6 is 11.6 Å². The van der Waals surface area contributed by atoms with Gasteiger partial charge in [-0.25, -0.2) is 4.79 Å². The smallest absolute Gasteiger partial charge is 0.335 e. The lowest BCUT2D eigenvalue weighted by Gasteiger charge is -2.17. The highest BCUT2D eigenvalue weighted by molar-refractivity contribution is 6.30. The fraction of sp³-hybridized carbons (Fsp3) is 0.316. The Morgan fingerprint density at radius 3 is 2.68 bits per heavy atom. The standard InChI is InChI=1S/C19H22ClNO4/c1-4-7-25-18-14(8-15(20)10-17(18)24-3)11-21-16-9-13(19(22)23)6-5-12(16)2/h5-6,8-10,21H,4,7,11H2,1-3H3,(H,22,23). The summed E-state index contributed by atoms with van der Waals surface area (Å²) in [6.45, 7) is 4.94. The minimum absolute atomic E-state index is 0.235. The third kappa shape index (κ3) is 4.79. The summed E-state index contributed by atoms with van der Waals surface area (Å²) in [6.07, 6.45) is 0.873. The molecule has 0 bridgehead atoms. The number of anilines is 1. The Hall–Kier alpha value is -2.40. The van der Waals surface area contributed by atoms with E-state index in [1.54, 1.807) is 31.4 Å². The van der Waals surface area contributed by atoms with Crippen LogP contribution in [-0.4, -0.2) is 24.8 Å². The summed E-state index contributed by atoms with van der Waals surface area (Å²) in [6, 6.07) is 8.51. The van der Waals surface area contributed by atoms with Crippen LogP contribution in [0, 0.1) is 6.92 Å². The van der Waals surface area contributed by atoms with Crippen molar-refractivity contribution in [2.24, 2.45) is 0 Å². The molecule has 0 radical (unpaired) electrons. The molecular formula is C19H22ClNO4. The number of aryl methyl sites for hydroxylation is 1. The van der Waals surface area contributed by atoms with Crippen LogP contribution in [0.15, 0.2) is 30.3 Å². The third-order valence-corrected chi connectivity index (χ3v) is 3.94. The van der Waals surface area contributed by atoms with Crippen LogP contribution in [0.4, 0.5) is 5.69 Å². The highest BCUT2D eigenvalue weighted by Crippen LogP contribution is 2.35. The zero-order chi connectivity index (χ0) is 18.4. The number of nitrogens with one attached hydrogen (secondary N) is 1. The summed E-state index contributed by atoms with van der Waals surface area (Å²) in [5.41, 5.74) is 2.78. The molecule has 0 aliphatic carbocycles. The first-order valence-electron chi connectivity index (χ1n) is 8.03. The molecule has 134 valence electrons. The molecule has 2 aromatic rings. The van der Waals surface area contributed by atoms with Crippen LogP contribution in [0.3, 0.4) is 0 Å². The van der Waals surface area contributed by atoms with Gasteiger partial charge < -0.3 is 19.9 Å². The molecule has 2 aromatic carbocycles. The van der Waals surface area contributed by atoms with Crippen LogP contribution in [0.1, 0.15) is 34.8 Å². The highest BCUT2D eigenvalue weighted by atomic mass is 35.5. The first kappa shape index (κ1) is 18.9. The molecule has 0 saturated heterocycles. The maximum atomic E-state index is 11.2. The molecule has 0 unspecified atom stereocenters. The number of carbonyl (C=O) groups is 1. The largest absolute Gasteiger partial charge is 0.493 e. The van der Waals surface area contributed by atoms with E-state index < -0.39 is 5.97 Å². The number of carboxylic acids is 1. The van der Waals surface area contributed by atoms with Gasteiger partial charge in [-0.2, -0.15) is 0 Å². The molecule has 6 heteroatoms. The molecule has 2 N–H and O–H groups in total. The van der Waals surface area contributed by atoms with Gasteiger partial charge in [0.05, 0.1) is 19.3 Å². The Kier molecular flexibility index (Phi) is 6.53. The molecule has 25 heavy (non-hydrogen) atoms. The normalized spacial score (nSPS) is 10.4. The van der Waals surface area contributed by atoms with Gasteiger partial charge in [-0.1, -0.05) is 24.6 Å². The molecule has 0 aliphatic heterocycles. The van der Waals surface area contributed by atoms with Gasteiger partial charge in [-0.3, -0.25) is 0 Å². The predicted molar refractivity (Wildman–Crippen MR) is 99.3 cm³/mol. The molecule has 0 aromatic heterocycles. The lowest BCUT2D eigenvalue weighted by molar-refractivity contribution is 0.0697. The third-order valence-electron chi connectivity index (χ3n) is 3.72. The topological polar surface area (TPSA) is 67.8 Å². The second-order valence-electron chi connectivity index (χ2n) is 5.63. The lowest BCUT2D eigenvalue weighted by atomic mass is 10.1.